The Morgan fingerprint density at radius 2 is 0.544 bits per heavy atom. The fourth-order valence-corrected chi connectivity index (χ4v) is 8.62. The quantitative estimate of drug-likeness (QED) is 0.0199. The predicted octanol–water partition coefficient (Wildman–Crippen LogP) is 19.8. The highest BCUT2D eigenvalue weighted by molar-refractivity contribution is 5.71. The van der Waals surface area contributed by atoms with Gasteiger partial charge >= 0.3 is 17.9 Å². The van der Waals surface area contributed by atoms with Crippen molar-refractivity contribution in [1.82, 2.24) is 0 Å². The molecule has 0 fully saturated rings. The first-order valence-electron chi connectivity index (χ1n) is 29.7. The number of rotatable bonds is 54. The molecule has 0 aliphatic heterocycles. The van der Waals surface area contributed by atoms with E-state index in [0.29, 0.717) is 19.3 Å². The zero-order valence-electron chi connectivity index (χ0n) is 45.4. The predicted molar refractivity (Wildman–Crippen MR) is 293 cm³/mol. The van der Waals surface area contributed by atoms with Crippen LogP contribution >= 0.6 is 0 Å². The first-order chi connectivity index (χ1) is 33.5. The molecule has 6 nitrogen and oxygen atoms in total. The fraction of sp³-hybridized carbons (Fsp3) is 0.823. The summed E-state index contributed by atoms with van der Waals surface area (Å²) in [5, 5.41) is 0. The molecule has 6 heteroatoms. The topological polar surface area (TPSA) is 78.9 Å². The van der Waals surface area contributed by atoms with Gasteiger partial charge < -0.3 is 14.2 Å². The van der Waals surface area contributed by atoms with Crippen LogP contribution in [0.1, 0.15) is 310 Å². The van der Waals surface area contributed by atoms with Crippen molar-refractivity contribution in [3.8, 4) is 0 Å². The number of esters is 3. The lowest BCUT2D eigenvalue weighted by Crippen LogP contribution is -2.30. The molecule has 0 aromatic heterocycles. The van der Waals surface area contributed by atoms with Crippen molar-refractivity contribution in [2.75, 3.05) is 13.2 Å². The second-order valence-corrected chi connectivity index (χ2v) is 20.0. The first kappa shape index (κ1) is 65.4. The molecule has 396 valence electrons. The Labute approximate surface area is 422 Å². The minimum Gasteiger partial charge on any atom is -0.462 e. The summed E-state index contributed by atoms with van der Waals surface area (Å²) in [7, 11) is 0. The number of unbranched alkanes of at least 4 members (excludes halogenated alkanes) is 37. The van der Waals surface area contributed by atoms with Crippen LogP contribution in [-0.2, 0) is 28.6 Å². The van der Waals surface area contributed by atoms with Crippen LogP contribution in [-0.4, -0.2) is 37.2 Å². The molecule has 0 aromatic carbocycles. The zero-order valence-corrected chi connectivity index (χ0v) is 45.4. The zero-order chi connectivity index (χ0) is 49.3. The molecule has 68 heavy (non-hydrogen) atoms. The van der Waals surface area contributed by atoms with E-state index in [-0.39, 0.29) is 31.1 Å². The molecular formula is C62H112O6. The second-order valence-electron chi connectivity index (χ2n) is 20.0. The SMILES string of the molecule is CCCCCCC\C=C/C=C\C=C/CCCCCCCC(=O)OCC(COC(=O)CCCCCCCCCCCCCCCCCC)OC(=O)CCCCCCC/C=C\CCCCCCCCC. The van der Waals surface area contributed by atoms with E-state index in [9.17, 15) is 14.4 Å². The number of ether oxygens (including phenoxy) is 3. The number of hydrogen-bond acceptors (Lipinski definition) is 6. The lowest BCUT2D eigenvalue weighted by Gasteiger charge is -2.18. The third-order valence-corrected chi connectivity index (χ3v) is 13.1. The van der Waals surface area contributed by atoms with E-state index >= 15 is 0 Å². The first-order valence-corrected chi connectivity index (χ1v) is 29.7. The number of allylic oxidation sites excluding steroid dienone is 8. The number of carbonyl (C=O) groups is 3. The van der Waals surface area contributed by atoms with Crippen LogP contribution in [0.15, 0.2) is 48.6 Å². The molecule has 0 aromatic rings. The Kier molecular flexibility index (Phi) is 54.8. The van der Waals surface area contributed by atoms with Gasteiger partial charge in [0, 0.05) is 19.3 Å². The van der Waals surface area contributed by atoms with E-state index in [1.807, 2.05) is 0 Å². The fourth-order valence-electron chi connectivity index (χ4n) is 8.62. The van der Waals surface area contributed by atoms with Crippen molar-refractivity contribution < 1.29 is 28.6 Å². The summed E-state index contributed by atoms with van der Waals surface area (Å²) < 4.78 is 16.9. The van der Waals surface area contributed by atoms with Crippen LogP contribution in [0.3, 0.4) is 0 Å². The maximum Gasteiger partial charge on any atom is 0.306 e. The largest absolute Gasteiger partial charge is 0.462 e. The molecule has 0 N–H and O–H groups in total. The van der Waals surface area contributed by atoms with Gasteiger partial charge in [0.15, 0.2) is 6.10 Å². The second kappa shape index (κ2) is 57.0. The Morgan fingerprint density at radius 1 is 0.294 bits per heavy atom. The standard InChI is InChI=1S/C62H112O6/c1-4-7-10-13-16-19-22-25-28-31-32-35-37-40-43-46-49-52-55-61(64)67-58-59(68-62(65)56-53-50-47-44-41-38-34-30-27-24-21-18-15-12-9-6-3)57-66-60(63)54-51-48-45-42-39-36-33-29-26-23-20-17-14-11-8-5-2/h22,25,28,30-32,34-35,59H,4-21,23-24,26-27,29,33,36-58H2,1-3H3/b25-22-,31-28-,34-30-,35-32-. The van der Waals surface area contributed by atoms with Gasteiger partial charge in [0.05, 0.1) is 0 Å². The molecule has 0 saturated heterocycles. The smallest absolute Gasteiger partial charge is 0.306 e. The third-order valence-electron chi connectivity index (χ3n) is 13.1. The van der Waals surface area contributed by atoms with E-state index in [4.69, 9.17) is 14.2 Å². The summed E-state index contributed by atoms with van der Waals surface area (Å²) in [6.45, 7) is 6.64. The molecule has 0 radical (unpaired) electrons. The maximum atomic E-state index is 12.9. The number of hydrogen-bond donors (Lipinski definition) is 0. The lowest BCUT2D eigenvalue weighted by atomic mass is 10.0. The average molecular weight is 954 g/mol. The van der Waals surface area contributed by atoms with E-state index in [0.717, 1.165) is 89.9 Å². The summed E-state index contributed by atoms with van der Waals surface area (Å²) in [6.07, 6.45) is 69.5. The number of carbonyl (C=O) groups excluding carboxylic acids is 3. The molecule has 0 spiro atoms. The van der Waals surface area contributed by atoms with Crippen LogP contribution in [0.4, 0.5) is 0 Å². The van der Waals surface area contributed by atoms with Gasteiger partial charge in [-0.15, -0.1) is 0 Å². The Balaban J connectivity index is 4.40. The van der Waals surface area contributed by atoms with E-state index < -0.39 is 6.10 Å². The van der Waals surface area contributed by atoms with Gasteiger partial charge in [-0.25, -0.2) is 0 Å². The summed E-state index contributed by atoms with van der Waals surface area (Å²) in [5.41, 5.74) is 0. The van der Waals surface area contributed by atoms with Crippen molar-refractivity contribution in [3.63, 3.8) is 0 Å². The van der Waals surface area contributed by atoms with Gasteiger partial charge in [-0.1, -0.05) is 268 Å². The molecule has 0 bridgehead atoms. The summed E-state index contributed by atoms with van der Waals surface area (Å²) in [5.74, 6) is -0.892. The van der Waals surface area contributed by atoms with Gasteiger partial charge in [0.1, 0.15) is 13.2 Å². The molecule has 0 aliphatic rings. The molecule has 0 rings (SSSR count). The molecule has 1 atom stereocenters. The molecule has 0 saturated carbocycles. The van der Waals surface area contributed by atoms with Crippen LogP contribution in [0.5, 0.6) is 0 Å². The summed E-state index contributed by atoms with van der Waals surface area (Å²) in [6, 6.07) is 0. The summed E-state index contributed by atoms with van der Waals surface area (Å²) in [4.78, 5) is 38.2. The molecule has 0 amide bonds. The highest BCUT2D eigenvalue weighted by Gasteiger charge is 2.19. The molecule has 1 unspecified atom stereocenters. The van der Waals surface area contributed by atoms with E-state index in [1.54, 1.807) is 0 Å². The molecule has 0 aliphatic carbocycles. The third kappa shape index (κ3) is 54.3. The van der Waals surface area contributed by atoms with Crippen LogP contribution in [0.25, 0.3) is 0 Å². The maximum absolute atomic E-state index is 12.9. The Bertz CT molecular complexity index is 1190. The van der Waals surface area contributed by atoms with Crippen LogP contribution in [0, 0.1) is 0 Å². The highest BCUT2D eigenvalue weighted by Crippen LogP contribution is 2.16. The van der Waals surface area contributed by atoms with E-state index in [1.165, 1.54) is 180 Å². The lowest BCUT2D eigenvalue weighted by molar-refractivity contribution is -0.167. The van der Waals surface area contributed by atoms with Gasteiger partial charge in [0.25, 0.3) is 0 Å². The Morgan fingerprint density at radius 3 is 0.853 bits per heavy atom. The van der Waals surface area contributed by atoms with Crippen molar-refractivity contribution in [2.45, 2.75) is 316 Å². The Hall–Kier alpha value is -2.63. The average Bonchev–Trinajstić information content (AvgIpc) is 3.34. The van der Waals surface area contributed by atoms with Gasteiger partial charge in [-0.3, -0.25) is 14.4 Å². The van der Waals surface area contributed by atoms with E-state index in [2.05, 4.69) is 69.4 Å². The minimum absolute atomic E-state index is 0.0800. The van der Waals surface area contributed by atoms with Crippen molar-refractivity contribution in [1.29, 1.82) is 0 Å². The summed E-state index contributed by atoms with van der Waals surface area (Å²) >= 11 is 0. The molecular weight excluding hydrogens is 841 g/mol. The van der Waals surface area contributed by atoms with Gasteiger partial charge in [0.2, 0.25) is 0 Å². The normalized spacial score (nSPS) is 12.3. The van der Waals surface area contributed by atoms with Gasteiger partial charge in [-0.05, 0) is 70.6 Å². The highest BCUT2D eigenvalue weighted by atomic mass is 16.6. The van der Waals surface area contributed by atoms with Gasteiger partial charge in [-0.2, -0.15) is 0 Å². The van der Waals surface area contributed by atoms with Crippen LogP contribution in [0.2, 0.25) is 0 Å². The van der Waals surface area contributed by atoms with Crippen molar-refractivity contribution in [3.05, 3.63) is 48.6 Å². The molecule has 0 heterocycles. The van der Waals surface area contributed by atoms with Crippen molar-refractivity contribution in [2.24, 2.45) is 0 Å². The monoisotopic (exact) mass is 953 g/mol. The van der Waals surface area contributed by atoms with Crippen molar-refractivity contribution >= 4 is 17.9 Å². The minimum atomic E-state index is -0.784. The van der Waals surface area contributed by atoms with Crippen LogP contribution < -0.4 is 0 Å².